The largest absolute Gasteiger partial charge is 0.478 e. The summed E-state index contributed by atoms with van der Waals surface area (Å²) in [5, 5.41) is 13.2. The zero-order valence-electron chi connectivity index (χ0n) is 11.6. The monoisotopic (exact) mass is 298 g/mol. The van der Waals surface area contributed by atoms with Gasteiger partial charge in [-0.1, -0.05) is 0 Å². The first-order valence-corrected chi connectivity index (χ1v) is 6.10. The molecule has 0 fully saturated rings. The van der Waals surface area contributed by atoms with Crippen LogP contribution in [0.5, 0.6) is 0 Å². The summed E-state index contributed by atoms with van der Waals surface area (Å²) in [6.45, 7) is 5.32. The molecule has 1 N–H and O–H groups in total. The molecule has 0 unspecified atom stereocenters. The average molecular weight is 298 g/mol. The van der Waals surface area contributed by atoms with Crippen LogP contribution in [0.1, 0.15) is 31.1 Å². The van der Waals surface area contributed by atoms with Crippen molar-refractivity contribution in [3.05, 3.63) is 41.3 Å². The molecule has 0 radical (unpaired) electrons. The molecule has 21 heavy (non-hydrogen) atoms. The van der Waals surface area contributed by atoms with E-state index in [4.69, 9.17) is 0 Å². The molecule has 0 amide bonds. The third kappa shape index (κ3) is 2.63. The topological polar surface area (TPSA) is 55.1 Å². The minimum Gasteiger partial charge on any atom is -0.478 e. The fourth-order valence-electron chi connectivity index (χ4n) is 1.78. The van der Waals surface area contributed by atoms with Gasteiger partial charge in [-0.3, -0.25) is 4.68 Å². The number of hydrogen-bond donors (Lipinski definition) is 1. The molecule has 0 bridgehead atoms. The molecular weight excluding hydrogens is 285 g/mol. The Morgan fingerprint density at radius 3 is 2.33 bits per heavy atom. The van der Waals surface area contributed by atoms with Gasteiger partial charge in [0, 0.05) is 11.8 Å². The number of rotatable bonds is 2. The van der Waals surface area contributed by atoms with E-state index >= 15 is 0 Å². The summed E-state index contributed by atoms with van der Waals surface area (Å²) in [4.78, 5) is 11.3. The van der Waals surface area contributed by atoms with E-state index in [0.717, 1.165) is 12.1 Å². The van der Waals surface area contributed by atoms with Crippen molar-refractivity contribution in [2.45, 2.75) is 26.3 Å². The minimum atomic E-state index is -1.66. The van der Waals surface area contributed by atoms with Crippen molar-refractivity contribution in [2.24, 2.45) is 0 Å². The highest BCUT2D eigenvalue weighted by Gasteiger charge is 2.25. The molecule has 2 aromatic rings. The second kappa shape index (κ2) is 4.91. The van der Waals surface area contributed by atoms with Crippen molar-refractivity contribution < 1.29 is 23.1 Å². The standard InChI is InChI=1S/C14H13F3N2O2/c1-14(2,3)19-6-8(13(20)21)12(18-19)7-4-5-9(15)11(17)10(7)16/h4-6H,1-3H3,(H,20,21). The highest BCUT2D eigenvalue weighted by atomic mass is 19.2. The summed E-state index contributed by atoms with van der Waals surface area (Å²) in [5.74, 6) is -5.79. The maximum absolute atomic E-state index is 13.8. The molecule has 0 aliphatic rings. The summed E-state index contributed by atoms with van der Waals surface area (Å²) in [5.41, 5.74) is -1.46. The third-order valence-electron chi connectivity index (χ3n) is 2.92. The van der Waals surface area contributed by atoms with Crippen LogP contribution in [0.25, 0.3) is 11.3 Å². The molecule has 0 aliphatic carbocycles. The number of carboxylic acid groups (broad SMARTS) is 1. The average Bonchev–Trinajstić information content (AvgIpc) is 2.81. The van der Waals surface area contributed by atoms with Crippen molar-refractivity contribution in [2.75, 3.05) is 0 Å². The Bertz CT molecular complexity index is 718. The van der Waals surface area contributed by atoms with Gasteiger partial charge in [0.15, 0.2) is 17.5 Å². The first-order valence-electron chi connectivity index (χ1n) is 6.10. The number of aromatic carboxylic acids is 1. The van der Waals surface area contributed by atoms with Crippen LogP contribution in [-0.2, 0) is 5.54 Å². The first kappa shape index (κ1) is 15.1. The first-order chi connectivity index (χ1) is 9.62. The predicted octanol–water partition coefficient (Wildman–Crippen LogP) is 3.42. The van der Waals surface area contributed by atoms with Gasteiger partial charge < -0.3 is 5.11 Å². The number of carbonyl (C=O) groups is 1. The van der Waals surface area contributed by atoms with E-state index in [1.807, 2.05) is 0 Å². The van der Waals surface area contributed by atoms with Crippen molar-refractivity contribution in [1.82, 2.24) is 9.78 Å². The lowest BCUT2D eigenvalue weighted by Crippen LogP contribution is -2.22. The fourth-order valence-corrected chi connectivity index (χ4v) is 1.78. The second-order valence-corrected chi connectivity index (χ2v) is 5.53. The number of carboxylic acids is 1. The summed E-state index contributed by atoms with van der Waals surface area (Å²) in [6, 6.07) is 1.70. The maximum atomic E-state index is 13.8. The van der Waals surface area contributed by atoms with E-state index < -0.39 is 34.5 Å². The van der Waals surface area contributed by atoms with Crippen LogP contribution in [0.4, 0.5) is 13.2 Å². The highest BCUT2D eigenvalue weighted by Crippen LogP contribution is 2.29. The number of hydrogen-bond acceptors (Lipinski definition) is 2. The van der Waals surface area contributed by atoms with Crippen LogP contribution in [0.15, 0.2) is 18.3 Å². The lowest BCUT2D eigenvalue weighted by atomic mass is 10.1. The van der Waals surface area contributed by atoms with Crippen LogP contribution in [0.2, 0.25) is 0 Å². The van der Waals surface area contributed by atoms with Gasteiger partial charge in [0.2, 0.25) is 0 Å². The summed E-state index contributed by atoms with van der Waals surface area (Å²) < 4.78 is 41.5. The third-order valence-corrected chi connectivity index (χ3v) is 2.92. The Morgan fingerprint density at radius 1 is 1.19 bits per heavy atom. The molecule has 0 aliphatic heterocycles. The molecular formula is C14H13F3N2O2. The number of benzene rings is 1. The molecule has 1 aromatic heterocycles. The van der Waals surface area contributed by atoms with E-state index in [9.17, 15) is 23.1 Å². The van der Waals surface area contributed by atoms with Crippen LogP contribution >= 0.6 is 0 Å². The quantitative estimate of drug-likeness (QED) is 0.864. The van der Waals surface area contributed by atoms with Crippen molar-refractivity contribution >= 4 is 5.97 Å². The smallest absolute Gasteiger partial charge is 0.339 e. The molecule has 0 atom stereocenters. The predicted molar refractivity (Wildman–Crippen MR) is 69.5 cm³/mol. The van der Waals surface area contributed by atoms with Gasteiger partial charge in [-0.25, -0.2) is 18.0 Å². The van der Waals surface area contributed by atoms with Crippen LogP contribution in [0, 0.1) is 17.5 Å². The summed E-state index contributed by atoms with van der Waals surface area (Å²) in [7, 11) is 0. The Balaban J connectivity index is 2.72. The molecule has 1 aromatic carbocycles. The number of halogens is 3. The maximum Gasteiger partial charge on any atom is 0.339 e. The fraction of sp³-hybridized carbons (Fsp3) is 0.286. The van der Waals surface area contributed by atoms with Gasteiger partial charge in [0.25, 0.3) is 0 Å². The van der Waals surface area contributed by atoms with Crippen LogP contribution < -0.4 is 0 Å². The Labute approximate surface area is 118 Å². The molecule has 0 saturated heterocycles. The van der Waals surface area contributed by atoms with Gasteiger partial charge in [-0.15, -0.1) is 0 Å². The van der Waals surface area contributed by atoms with Gasteiger partial charge in [0.1, 0.15) is 11.3 Å². The van der Waals surface area contributed by atoms with Crippen molar-refractivity contribution in [3.63, 3.8) is 0 Å². The molecule has 0 spiro atoms. The minimum absolute atomic E-state index is 0.242. The lowest BCUT2D eigenvalue weighted by molar-refractivity contribution is 0.0697. The zero-order valence-corrected chi connectivity index (χ0v) is 11.6. The second-order valence-electron chi connectivity index (χ2n) is 5.53. The van der Waals surface area contributed by atoms with E-state index in [1.165, 1.54) is 10.9 Å². The van der Waals surface area contributed by atoms with E-state index in [-0.39, 0.29) is 11.3 Å². The van der Waals surface area contributed by atoms with E-state index in [0.29, 0.717) is 0 Å². The summed E-state index contributed by atoms with van der Waals surface area (Å²) >= 11 is 0. The van der Waals surface area contributed by atoms with E-state index in [1.54, 1.807) is 20.8 Å². The number of aromatic nitrogens is 2. The lowest BCUT2D eigenvalue weighted by Gasteiger charge is -2.18. The van der Waals surface area contributed by atoms with Gasteiger partial charge in [-0.2, -0.15) is 5.10 Å². The van der Waals surface area contributed by atoms with Gasteiger partial charge in [-0.05, 0) is 32.9 Å². The molecule has 0 saturated carbocycles. The molecule has 2 rings (SSSR count). The van der Waals surface area contributed by atoms with Gasteiger partial charge in [0.05, 0.1) is 5.54 Å². The molecule has 1 heterocycles. The SMILES string of the molecule is CC(C)(C)n1cc(C(=O)O)c(-c2ccc(F)c(F)c2F)n1. The van der Waals surface area contributed by atoms with Gasteiger partial charge >= 0.3 is 5.97 Å². The van der Waals surface area contributed by atoms with E-state index in [2.05, 4.69) is 5.10 Å². The molecule has 7 heteroatoms. The number of nitrogens with zero attached hydrogens (tertiary/aromatic N) is 2. The summed E-state index contributed by atoms with van der Waals surface area (Å²) in [6.07, 6.45) is 1.23. The Kier molecular flexibility index (Phi) is 3.52. The van der Waals surface area contributed by atoms with Crippen LogP contribution in [0.3, 0.4) is 0 Å². The van der Waals surface area contributed by atoms with Crippen molar-refractivity contribution in [3.8, 4) is 11.3 Å². The molecule has 4 nitrogen and oxygen atoms in total. The zero-order chi connectivity index (χ0) is 15.9. The Hall–Kier alpha value is -2.31. The van der Waals surface area contributed by atoms with Crippen LogP contribution in [-0.4, -0.2) is 20.9 Å². The normalized spacial score (nSPS) is 11.7. The molecule has 112 valence electrons. The Morgan fingerprint density at radius 2 is 1.81 bits per heavy atom. The van der Waals surface area contributed by atoms with Crippen molar-refractivity contribution in [1.29, 1.82) is 0 Å². The highest BCUT2D eigenvalue weighted by molar-refractivity contribution is 5.94.